The van der Waals surface area contributed by atoms with Gasteiger partial charge in [0.15, 0.2) is 0 Å². The van der Waals surface area contributed by atoms with Gasteiger partial charge >= 0.3 is 0 Å². The van der Waals surface area contributed by atoms with Gasteiger partial charge in [0.2, 0.25) is 11.8 Å². The van der Waals surface area contributed by atoms with Crippen molar-refractivity contribution in [3.8, 4) is 0 Å². The molecule has 0 saturated carbocycles. The molecule has 1 saturated heterocycles. The number of carbonyl (C=O) groups is 2. The molecule has 2 aromatic rings. The van der Waals surface area contributed by atoms with E-state index in [1.54, 1.807) is 0 Å². The third-order valence-corrected chi connectivity index (χ3v) is 4.92. The van der Waals surface area contributed by atoms with Crippen LogP contribution in [0.25, 0.3) is 10.9 Å². The van der Waals surface area contributed by atoms with E-state index in [2.05, 4.69) is 11.1 Å². The highest BCUT2D eigenvalue weighted by Gasteiger charge is 2.31. The second-order valence-corrected chi connectivity index (χ2v) is 7.87. The minimum atomic E-state index is -0.368. The van der Waals surface area contributed by atoms with E-state index in [1.165, 1.54) is 0 Å². The number of benzene rings is 1. The average molecular weight is 341 g/mol. The predicted molar refractivity (Wildman–Crippen MR) is 99.4 cm³/mol. The molecule has 0 radical (unpaired) electrons. The van der Waals surface area contributed by atoms with Gasteiger partial charge in [-0.1, -0.05) is 39.0 Å². The summed E-state index contributed by atoms with van der Waals surface area (Å²) in [6.45, 7) is 10.3. The van der Waals surface area contributed by atoms with Gasteiger partial charge in [-0.15, -0.1) is 0 Å². The zero-order chi connectivity index (χ0) is 18.2. The van der Waals surface area contributed by atoms with Crippen LogP contribution in [0.1, 0.15) is 32.0 Å². The van der Waals surface area contributed by atoms with Crippen LogP contribution in [0.4, 0.5) is 0 Å². The van der Waals surface area contributed by atoms with E-state index in [4.69, 9.17) is 0 Å². The molecule has 5 nitrogen and oxygen atoms in total. The largest absolute Gasteiger partial charge is 0.358 e. The Kier molecular flexibility index (Phi) is 4.58. The Hall–Kier alpha value is -2.30. The van der Waals surface area contributed by atoms with Gasteiger partial charge in [-0.2, -0.15) is 0 Å². The molecule has 0 atom stereocenters. The van der Waals surface area contributed by atoms with Crippen molar-refractivity contribution >= 4 is 22.7 Å². The predicted octanol–water partition coefficient (Wildman–Crippen LogP) is 2.74. The first-order chi connectivity index (χ1) is 11.8. The van der Waals surface area contributed by atoms with Crippen molar-refractivity contribution in [2.24, 2.45) is 5.41 Å². The highest BCUT2D eigenvalue weighted by atomic mass is 16.2. The lowest BCUT2D eigenvalue weighted by molar-refractivity contribution is -0.144. The molecular weight excluding hydrogens is 314 g/mol. The Morgan fingerprint density at radius 1 is 1.04 bits per heavy atom. The summed E-state index contributed by atoms with van der Waals surface area (Å²) in [7, 11) is 0. The number of hydrogen-bond donors (Lipinski definition) is 1. The van der Waals surface area contributed by atoms with Crippen molar-refractivity contribution in [1.29, 1.82) is 0 Å². The molecule has 1 aromatic carbocycles. The van der Waals surface area contributed by atoms with E-state index in [9.17, 15) is 9.59 Å². The van der Waals surface area contributed by atoms with Gasteiger partial charge in [0.05, 0.1) is 6.42 Å². The lowest BCUT2D eigenvalue weighted by Gasteiger charge is -2.37. The smallest absolute Gasteiger partial charge is 0.228 e. The van der Waals surface area contributed by atoms with Gasteiger partial charge < -0.3 is 14.8 Å². The monoisotopic (exact) mass is 341 g/mol. The first-order valence-electron chi connectivity index (χ1n) is 8.90. The second-order valence-electron chi connectivity index (χ2n) is 7.87. The number of amides is 2. The molecule has 1 aromatic heterocycles. The molecule has 3 rings (SSSR count). The lowest BCUT2D eigenvalue weighted by atomic mass is 9.94. The number of fused-ring (bicyclic) bond motifs is 1. The van der Waals surface area contributed by atoms with Crippen LogP contribution in [0.3, 0.4) is 0 Å². The number of nitrogens with one attached hydrogen (secondary N) is 1. The summed E-state index contributed by atoms with van der Waals surface area (Å²) in [4.78, 5) is 32.2. The number of aromatic amines is 1. The second kappa shape index (κ2) is 6.54. The fourth-order valence-electron chi connectivity index (χ4n) is 3.46. The summed E-state index contributed by atoms with van der Waals surface area (Å²) in [6.07, 6.45) is 0.406. The van der Waals surface area contributed by atoms with Crippen LogP contribution in [-0.2, 0) is 16.0 Å². The molecule has 2 heterocycles. The first-order valence-corrected chi connectivity index (χ1v) is 8.90. The zero-order valence-corrected chi connectivity index (χ0v) is 15.6. The quantitative estimate of drug-likeness (QED) is 0.913. The van der Waals surface area contributed by atoms with Crippen molar-refractivity contribution in [1.82, 2.24) is 14.8 Å². The molecule has 25 heavy (non-hydrogen) atoms. The van der Waals surface area contributed by atoms with Crippen LogP contribution < -0.4 is 0 Å². The number of H-pyrrole nitrogens is 1. The summed E-state index contributed by atoms with van der Waals surface area (Å²) in [5.41, 5.74) is 2.83. The molecule has 5 heteroatoms. The molecule has 1 aliphatic heterocycles. The number of carbonyl (C=O) groups excluding carboxylic acids is 2. The van der Waals surface area contributed by atoms with Gasteiger partial charge in [-0.25, -0.2) is 0 Å². The van der Waals surface area contributed by atoms with E-state index < -0.39 is 0 Å². The fourth-order valence-corrected chi connectivity index (χ4v) is 3.46. The molecule has 1 fully saturated rings. The average Bonchev–Trinajstić information content (AvgIpc) is 2.89. The highest BCUT2D eigenvalue weighted by Crippen LogP contribution is 2.23. The third-order valence-electron chi connectivity index (χ3n) is 4.92. The van der Waals surface area contributed by atoms with Crippen molar-refractivity contribution < 1.29 is 9.59 Å². The SMILES string of the molecule is Cc1[nH]c2ccccc2c1CC(=O)N1CCN(C(=O)C(C)(C)C)CC1. The fraction of sp³-hybridized carbons (Fsp3) is 0.500. The van der Waals surface area contributed by atoms with Gasteiger partial charge in [-0.05, 0) is 18.6 Å². The van der Waals surface area contributed by atoms with Gasteiger partial charge in [0.25, 0.3) is 0 Å². The van der Waals surface area contributed by atoms with Crippen LogP contribution in [0, 0.1) is 12.3 Å². The summed E-state index contributed by atoms with van der Waals surface area (Å²) in [5.74, 6) is 0.294. The Balaban J connectivity index is 1.65. The van der Waals surface area contributed by atoms with Gasteiger partial charge in [-0.3, -0.25) is 9.59 Å². The van der Waals surface area contributed by atoms with E-state index >= 15 is 0 Å². The van der Waals surface area contributed by atoms with Crippen LogP contribution in [0.5, 0.6) is 0 Å². The lowest BCUT2D eigenvalue weighted by Crippen LogP contribution is -2.53. The molecule has 1 N–H and O–H groups in total. The summed E-state index contributed by atoms with van der Waals surface area (Å²) in [6, 6.07) is 8.09. The van der Waals surface area contributed by atoms with Crippen LogP contribution in [-0.4, -0.2) is 52.8 Å². The molecule has 0 unspecified atom stereocenters. The number of para-hydroxylation sites is 1. The Morgan fingerprint density at radius 2 is 1.64 bits per heavy atom. The normalized spacial score (nSPS) is 15.7. The number of aromatic nitrogens is 1. The van der Waals surface area contributed by atoms with E-state index in [0.717, 1.165) is 22.2 Å². The highest BCUT2D eigenvalue weighted by molar-refractivity contribution is 5.90. The van der Waals surface area contributed by atoms with Crippen molar-refractivity contribution in [2.75, 3.05) is 26.2 Å². The third kappa shape index (κ3) is 3.55. The van der Waals surface area contributed by atoms with Crippen LogP contribution in [0.15, 0.2) is 24.3 Å². The van der Waals surface area contributed by atoms with E-state index in [1.807, 2.05) is 55.7 Å². The summed E-state index contributed by atoms with van der Waals surface area (Å²) < 4.78 is 0. The Morgan fingerprint density at radius 3 is 2.28 bits per heavy atom. The maximum atomic E-state index is 12.7. The van der Waals surface area contributed by atoms with E-state index in [0.29, 0.717) is 32.6 Å². The number of rotatable bonds is 2. The number of aryl methyl sites for hydroxylation is 1. The molecule has 134 valence electrons. The zero-order valence-electron chi connectivity index (χ0n) is 15.6. The maximum absolute atomic E-state index is 12.7. The van der Waals surface area contributed by atoms with Crippen molar-refractivity contribution in [2.45, 2.75) is 34.1 Å². The topological polar surface area (TPSA) is 56.4 Å². The Labute approximate surface area is 149 Å². The van der Waals surface area contributed by atoms with Crippen LogP contribution >= 0.6 is 0 Å². The van der Waals surface area contributed by atoms with Crippen molar-refractivity contribution in [3.05, 3.63) is 35.5 Å². The Bertz CT molecular complexity index is 793. The van der Waals surface area contributed by atoms with Crippen LogP contribution in [0.2, 0.25) is 0 Å². The summed E-state index contributed by atoms with van der Waals surface area (Å²) in [5, 5.41) is 1.12. The maximum Gasteiger partial charge on any atom is 0.228 e. The molecule has 2 amide bonds. The van der Waals surface area contributed by atoms with E-state index in [-0.39, 0.29) is 17.2 Å². The summed E-state index contributed by atoms with van der Waals surface area (Å²) >= 11 is 0. The molecule has 0 spiro atoms. The molecule has 0 aliphatic carbocycles. The molecular formula is C20H27N3O2. The minimum Gasteiger partial charge on any atom is -0.358 e. The number of hydrogen-bond acceptors (Lipinski definition) is 2. The minimum absolute atomic E-state index is 0.135. The first kappa shape index (κ1) is 17.5. The standard InChI is InChI=1S/C20H27N3O2/c1-14-16(15-7-5-6-8-17(15)21-14)13-18(24)22-9-11-23(12-10-22)19(25)20(2,3)4/h5-8,21H,9-13H2,1-4H3. The van der Waals surface area contributed by atoms with Crippen molar-refractivity contribution in [3.63, 3.8) is 0 Å². The molecule has 1 aliphatic rings. The molecule has 0 bridgehead atoms. The van der Waals surface area contributed by atoms with Gasteiger partial charge in [0, 0.05) is 48.2 Å². The number of piperazine rings is 1. The number of nitrogens with zero attached hydrogens (tertiary/aromatic N) is 2. The van der Waals surface area contributed by atoms with Gasteiger partial charge in [0.1, 0.15) is 0 Å².